The maximum absolute atomic E-state index is 13.8. The molecule has 1 N–H and O–H groups in total. The van der Waals surface area contributed by atoms with Crippen LogP contribution in [0.2, 0.25) is 0 Å². The van der Waals surface area contributed by atoms with Crippen LogP contribution in [0.25, 0.3) is 22.2 Å². The van der Waals surface area contributed by atoms with E-state index in [4.69, 9.17) is 0 Å². The van der Waals surface area contributed by atoms with E-state index in [1.165, 1.54) is 12.1 Å². The van der Waals surface area contributed by atoms with Crippen LogP contribution in [0, 0.1) is 17.7 Å². The first-order chi connectivity index (χ1) is 13.2. The molecule has 29 heavy (non-hydrogen) atoms. The summed E-state index contributed by atoms with van der Waals surface area (Å²) in [7, 11) is 0. The first kappa shape index (κ1) is 21.5. The molecule has 0 aliphatic carbocycles. The van der Waals surface area contributed by atoms with E-state index in [1.54, 1.807) is 6.07 Å². The third-order valence-electron chi connectivity index (χ3n) is 5.75. The monoisotopic (exact) mass is 433 g/mol. The third-order valence-corrected chi connectivity index (χ3v) is 5.75. The largest absolute Gasteiger partial charge is 0.338 e. The van der Waals surface area contributed by atoms with Crippen LogP contribution in [0.3, 0.4) is 0 Å². The number of fused-ring (bicyclic) bond motifs is 2. The molecule has 2 fully saturated rings. The summed E-state index contributed by atoms with van der Waals surface area (Å²) >= 11 is 0. The number of rotatable bonds is 2. The highest BCUT2D eigenvalue weighted by atomic mass is 35.5. The van der Waals surface area contributed by atoms with Crippen LogP contribution >= 0.6 is 24.8 Å². The van der Waals surface area contributed by atoms with E-state index in [9.17, 15) is 9.18 Å². The van der Waals surface area contributed by atoms with Crippen LogP contribution in [0.5, 0.6) is 0 Å². The summed E-state index contributed by atoms with van der Waals surface area (Å²) in [5.41, 5.74) is 2.73. The van der Waals surface area contributed by atoms with Crippen LogP contribution in [-0.4, -0.2) is 42.0 Å². The molecule has 7 heteroatoms. The predicted molar refractivity (Wildman–Crippen MR) is 117 cm³/mol. The van der Waals surface area contributed by atoms with Crippen molar-refractivity contribution in [1.29, 1.82) is 0 Å². The highest BCUT2D eigenvalue weighted by Crippen LogP contribution is 2.31. The molecule has 4 nitrogen and oxygen atoms in total. The van der Waals surface area contributed by atoms with Gasteiger partial charge in [-0.3, -0.25) is 4.79 Å². The summed E-state index contributed by atoms with van der Waals surface area (Å²) in [5, 5.41) is 4.11. The summed E-state index contributed by atoms with van der Waals surface area (Å²) in [6.07, 6.45) is 0. The minimum absolute atomic E-state index is 0. The van der Waals surface area contributed by atoms with Gasteiger partial charge in [0.05, 0.1) is 16.8 Å². The zero-order valence-electron chi connectivity index (χ0n) is 15.7. The summed E-state index contributed by atoms with van der Waals surface area (Å²) < 4.78 is 13.8. The second-order valence-electron chi connectivity index (χ2n) is 7.47. The van der Waals surface area contributed by atoms with Gasteiger partial charge in [-0.25, -0.2) is 9.37 Å². The summed E-state index contributed by atoms with van der Waals surface area (Å²) in [5.74, 6) is 0.738. The fourth-order valence-electron chi connectivity index (χ4n) is 4.33. The maximum Gasteiger partial charge on any atom is 0.254 e. The van der Waals surface area contributed by atoms with Crippen molar-refractivity contribution in [2.24, 2.45) is 11.8 Å². The quantitative estimate of drug-likeness (QED) is 0.659. The molecular formula is C22H22Cl2FN3O. The lowest BCUT2D eigenvalue weighted by molar-refractivity contribution is 0.0783. The lowest BCUT2D eigenvalue weighted by atomic mass is 10.0. The number of aromatic nitrogens is 1. The maximum atomic E-state index is 13.8. The number of nitrogens with one attached hydrogen (secondary N) is 1. The number of benzene rings is 2. The summed E-state index contributed by atoms with van der Waals surface area (Å²) in [6, 6.07) is 16.0. The van der Waals surface area contributed by atoms with Crippen LogP contribution in [0.1, 0.15) is 10.4 Å². The Morgan fingerprint density at radius 3 is 2.38 bits per heavy atom. The Labute approximate surface area is 181 Å². The topological polar surface area (TPSA) is 45.2 Å². The van der Waals surface area contributed by atoms with Crippen LogP contribution in [0.15, 0.2) is 54.6 Å². The Morgan fingerprint density at radius 1 is 1.00 bits per heavy atom. The molecule has 2 atom stereocenters. The third kappa shape index (κ3) is 3.95. The highest BCUT2D eigenvalue weighted by molar-refractivity contribution is 6.07. The van der Waals surface area contributed by atoms with Gasteiger partial charge in [-0.1, -0.05) is 30.3 Å². The molecule has 0 unspecified atom stereocenters. The number of hydrogen-bond donors (Lipinski definition) is 1. The summed E-state index contributed by atoms with van der Waals surface area (Å²) in [4.78, 5) is 19.9. The molecule has 0 saturated carbocycles. The molecule has 2 aromatic carbocycles. The van der Waals surface area contributed by atoms with Gasteiger partial charge in [0.1, 0.15) is 5.82 Å². The van der Waals surface area contributed by atoms with Gasteiger partial charge in [0, 0.05) is 43.2 Å². The minimum Gasteiger partial charge on any atom is -0.338 e. The molecule has 0 spiro atoms. The van der Waals surface area contributed by atoms with Crippen molar-refractivity contribution in [3.05, 3.63) is 66.0 Å². The first-order valence-electron chi connectivity index (χ1n) is 9.35. The lowest BCUT2D eigenvalue weighted by Crippen LogP contribution is -2.32. The van der Waals surface area contributed by atoms with E-state index in [1.807, 2.05) is 41.3 Å². The molecule has 3 heterocycles. The van der Waals surface area contributed by atoms with Gasteiger partial charge in [0.15, 0.2) is 0 Å². The van der Waals surface area contributed by atoms with E-state index in [2.05, 4.69) is 10.3 Å². The van der Waals surface area contributed by atoms with Crippen molar-refractivity contribution in [3.63, 3.8) is 0 Å². The van der Waals surface area contributed by atoms with Crippen molar-refractivity contribution in [2.45, 2.75) is 0 Å². The Bertz CT molecular complexity index is 1020. The minimum atomic E-state index is -0.347. The van der Waals surface area contributed by atoms with Gasteiger partial charge in [0.2, 0.25) is 0 Å². The fourth-order valence-corrected chi connectivity index (χ4v) is 4.33. The van der Waals surface area contributed by atoms with E-state index in [0.717, 1.165) is 31.7 Å². The van der Waals surface area contributed by atoms with Crippen LogP contribution < -0.4 is 5.32 Å². The Balaban J connectivity index is 0.00000120. The van der Waals surface area contributed by atoms with Crippen molar-refractivity contribution in [2.75, 3.05) is 26.2 Å². The normalized spacial score (nSPS) is 20.1. The van der Waals surface area contributed by atoms with Crippen molar-refractivity contribution < 1.29 is 9.18 Å². The number of amides is 1. The van der Waals surface area contributed by atoms with Crippen LogP contribution in [0.4, 0.5) is 4.39 Å². The summed E-state index contributed by atoms with van der Waals surface area (Å²) in [6.45, 7) is 3.52. The van der Waals surface area contributed by atoms with Gasteiger partial charge < -0.3 is 10.2 Å². The number of pyridine rings is 1. The zero-order chi connectivity index (χ0) is 18.4. The molecular weight excluding hydrogens is 412 g/mol. The standard InChI is InChI=1S/C22H20FN3O.2ClH/c23-17-6-7-18-19(22(27)26-12-15-10-24-11-16(15)13-26)9-20(25-21(18)8-17)14-4-2-1-3-5-14;;/h1-9,15-16,24H,10-13H2;2*1H/t15-,16+;;. The molecule has 152 valence electrons. The first-order valence-corrected chi connectivity index (χ1v) is 9.35. The Kier molecular flexibility index (Phi) is 6.42. The van der Waals surface area contributed by atoms with E-state index >= 15 is 0 Å². The lowest BCUT2D eigenvalue weighted by Gasteiger charge is -2.19. The van der Waals surface area contributed by atoms with Crippen LogP contribution in [-0.2, 0) is 0 Å². The number of halogens is 3. The highest BCUT2D eigenvalue weighted by Gasteiger charge is 2.38. The molecule has 3 aromatic rings. The average molecular weight is 434 g/mol. The van der Waals surface area contributed by atoms with Gasteiger partial charge >= 0.3 is 0 Å². The van der Waals surface area contributed by atoms with Crippen molar-refractivity contribution >= 4 is 41.6 Å². The number of hydrogen-bond acceptors (Lipinski definition) is 3. The Hall–Kier alpha value is -2.21. The zero-order valence-corrected chi connectivity index (χ0v) is 17.3. The number of carbonyl (C=O) groups excluding carboxylic acids is 1. The van der Waals surface area contributed by atoms with Crippen molar-refractivity contribution in [1.82, 2.24) is 15.2 Å². The molecule has 2 aliphatic heterocycles. The average Bonchev–Trinajstić information content (AvgIpc) is 3.29. The molecule has 1 amide bonds. The van der Waals surface area contributed by atoms with Gasteiger partial charge in [-0.15, -0.1) is 24.8 Å². The molecule has 0 bridgehead atoms. The Morgan fingerprint density at radius 2 is 1.69 bits per heavy atom. The second kappa shape index (κ2) is 8.66. The molecule has 5 rings (SSSR count). The molecule has 2 saturated heterocycles. The van der Waals surface area contributed by atoms with Gasteiger partial charge in [-0.2, -0.15) is 0 Å². The molecule has 1 aromatic heterocycles. The smallest absolute Gasteiger partial charge is 0.254 e. The molecule has 2 aliphatic rings. The number of likely N-dealkylation sites (tertiary alicyclic amines) is 1. The van der Waals surface area contributed by atoms with E-state index < -0.39 is 0 Å². The SMILES string of the molecule is Cl.Cl.O=C(c1cc(-c2ccccc2)nc2cc(F)ccc12)N1C[C@H]2CNC[C@H]2C1. The van der Waals surface area contributed by atoms with E-state index in [-0.39, 0.29) is 36.5 Å². The van der Waals surface area contributed by atoms with E-state index in [0.29, 0.717) is 34.0 Å². The number of carbonyl (C=O) groups is 1. The van der Waals surface area contributed by atoms with Gasteiger partial charge in [-0.05, 0) is 30.0 Å². The number of nitrogens with zero attached hydrogens (tertiary/aromatic N) is 2. The van der Waals surface area contributed by atoms with Gasteiger partial charge in [0.25, 0.3) is 5.91 Å². The second-order valence-corrected chi connectivity index (χ2v) is 7.47. The van der Waals surface area contributed by atoms with Crippen molar-refractivity contribution in [3.8, 4) is 11.3 Å². The fraction of sp³-hybridized carbons (Fsp3) is 0.273. The molecule has 0 radical (unpaired) electrons. The predicted octanol–water partition coefficient (Wildman–Crippen LogP) is 4.18.